The Morgan fingerprint density at radius 3 is 2.89 bits per heavy atom. The smallest absolute Gasteiger partial charge is 0.274 e. The molecule has 0 radical (unpaired) electrons. The molecule has 0 aliphatic carbocycles. The van der Waals surface area contributed by atoms with Crippen molar-refractivity contribution >= 4 is 10.0 Å². The standard InChI is InChI=1S/C10H15N5O3S/c1-7(10-12-6-13-14-10)15-19(16,17)9-4-3-8(18-9)5-11-2/h3-4,6-7,11,15H,5H2,1-2H3,(H,12,13,14). The van der Waals surface area contributed by atoms with E-state index in [0.29, 0.717) is 18.1 Å². The first-order valence-corrected chi connectivity index (χ1v) is 7.12. The van der Waals surface area contributed by atoms with E-state index in [-0.39, 0.29) is 5.09 Å². The number of hydrogen-bond acceptors (Lipinski definition) is 6. The summed E-state index contributed by atoms with van der Waals surface area (Å²) in [7, 11) is -1.96. The lowest BCUT2D eigenvalue weighted by Crippen LogP contribution is -2.27. The van der Waals surface area contributed by atoms with Crippen LogP contribution in [0.5, 0.6) is 0 Å². The van der Waals surface area contributed by atoms with E-state index >= 15 is 0 Å². The van der Waals surface area contributed by atoms with Crippen molar-refractivity contribution in [2.75, 3.05) is 7.05 Å². The fraction of sp³-hybridized carbons (Fsp3) is 0.400. The maximum atomic E-state index is 12.1. The molecule has 2 aromatic heterocycles. The lowest BCUT2D eigenvalue weighted by Gasteiger charge is -2.09. The monoisotopic (exact) mass is 285 g/mol. The van der Waals surface area contributed by atoms with Gasteiger partial charge in [0.05, 0.1) is 12.6 Å². The molecule has 1 unspecified atom stereocenters. The van der Waals surface area contributed by atoms with E-state index in [1.807, 2.05) is 0 Å². The molecule has 0 amide bonds. The van der Waals surface area contributed by atoms with Crippen LogP contribution in [0, 0.1) is 0 Å². The molecule has 2 aromatic rings. The number of nitrogens with zero attached hydrogens (tertiary/aromatic N) is 2. The molecule has 0 aromatic carbocycles. The molecule has 0 bridgehead atoms. The average Bonchev–Trinajstić information content (AvgIpc) is 2.99. The summed E-state index contributed by atoms with van der Waals surface area (Å²) in [5, 5.41) is 9.04. The highest BCUT2D eigenvalue weighted by atomic mass is 32.2. The van der Waals surface area contributed by atoms with Crippen molar-refractivity contribution in [3.63, 3.8) is 0 Å². The zero-order valence-corrected chi connectivity index (χ0v) is 11.4. The van der Waals surface area contributed by atoms with Crippen molar-refractivity contribution < 1.29 is 12.8 Å². The molecule has 2 heterocycles. The Bertz CT molecular complexity index is 619. The van der Waals surface area contributed by atoms with E-state index in [9.17, 15) is 8.42 Å². The molecule has 2 rings (SSSR count). The minimum Gasteiger partial charge on any atom is -0.447 e. The Morgan fingerprint density at radius 2 is 2.26 bits per heavy atom. The number of nitrogens with one attached hydrogen (secondary N) is 3. The fourth-order valence-electron chi connectivity index (χ4n) is 1.54. The van der Waals surface area contributed by atoms with Crippen LogP contribution in [0.4, 0.5) is 0 Å². The normalized spacial score (nSPS) is 13.6. The average molecular weight is 285 g/mol. The van der Waals surface area contributed by atoms with E-state index in [2.05, 4.69) is 25.2 Å². The van der Waals surface area contributed by atoms with Gasteiger partial charge in [-0.25, -0.2) is 13.4 Å². The lowest BCUT2D eigenvalue weighted by molar-refractivity contribution is 0.402. The van der Waals surface area contributed by atoms with Crippen LogP contribution in [0.3, 0.4) is 0 Å². The van der Waals surface area contributed by atoms with Crippen LogP contribution in [0.25, 0.3) is 0 Å². The molecule has 0 spiro atoms. The summed E-state index contributed by atoms with van der Waals surface area (Å²) < 4.78 is 31.8. The number of aromatic nitrogens is 3. The zero-order valence-electron chi connectivity index (χ0n) is 10.5. The lowest BCUT2D eigenvalue weighted by atomic mass is 10.3. The van der Waals surface area contributed by atoms with Crippen molar-refractivity contribution in [1.29, 1.82) is 0 Å². The van der Waals surface area contributed by atoms with Crippen molar-refractivity contribution in [3.8, 4) is 0 Å². The summed E-state index contributed by atoms with van der Waals surface area (Å²) in [6, 6.07) is 2.51. The fourth-order valence-corrected chi connectivity index (χ4v) is 2.70. The topological polar surface area (TPSA) is 113 Å². The largest absolute Gasteiger partial charge is 0.447 e. The molecular formula is C10H15N5O3S. The summed E-state index contributed by atoms with van der Waals surface area (Å²) in [5.74, 6) is 0.987. The first kappa shape index (κ1) is 13.7. The van der Waals surface area contributed by atoms with Crippen LogP contribution in [0.2, 0.25) is 0 Å². The van der Waals surface area contributed by atoms with Gasteiger partial charge in [-0.15, -0.1) is 0 Å². The minimum atomic E-state index is -3.72. The van der Waals surface area contributed by atoms with Gasteiger partial charge in [0.25, 0.3) is 10.0 Å². The van der Waals surface area contributed by atoms with Gasteiger partial charge in [0.15, 0.2) is 0 Å². The van der Waals surface area contributed by atoms with E-state index in [1.165, 1.54) is 12.4 Å². The third-order valence-corrected chi connectivity index (χ3v) is 3.84. The van der Waals surface area contributed by atoms with Crippen molar-refractivity contribution in [3.05, 3.63) is 30.0 Å². The van der Waals surface area contributed by atoms with E-state index in [0.717, 1.165) is 0 Å². The van der Waals surface area contributed by atoms with Gasteiger partial charge in [0, 0.05) is 0 Å². The predicted molar refractivity (Wildman–Crippen MR) is 66.6 cm³/mol. The summed E-state index contributed by atoms with van der Waals surface area (Å²) in [5.41, 5.74) is 0. The Hall–Kier alpha value is -1.71. The predicted octanol–water partition coefficient (Wildman–Crippen LogP) is 0.157. The van der Waals surface area contributed by atoms with Gasteiger partial charge in [-0.3, -0.25) is 5.10 Å². The Kier molecular flexibility index (Phi) is 3.98. The Labute approximate surface area is 110 Å². The van der Waals surface area contributed by atoms with Gasteiger partial charge in [0.1, 0.15) is 17.9 Å². The molecule has 19 heavy (non-hydrogen) atoms. The number of hydrogen-bond donors (Lipinski definition) is 3. The van der Waals surface area contributed by atoms with Crippen LogP contribution < -0.4 is 10.0 Å². The number of H-pyrrole nitrogens is 1. The van der Waals surface area contributed by atoms with Crippen LogP contribution >= 0.6 is 0 Å². The van der Waals surface area contributed by atoms with Crippen LogP contribution in [0.1, 0.15) is 24.6 Å². The molecule has 104 valence electrons. The summed E-state index contributed by atoms with van der Waals surface area (Å²) in [6.07, 6.45) is 1.32. The molecular weight excluding hydrogens is 270 g/mol. The highest BCUT2D eigenvalue weighted by molar-refractivity contribution is 7.89. The van der Waals surface area contributed by atoms with Crippen LogP contribution in [0.15, 0.2) is 28.0 Å². The van der Waals surface area contributed by atoms with Gasteiger partial charge < -0.3 is 9.73 Å². The molecule has 9 heteroatoms. The maximum Gasteiger partial charge on any atom is 0.274 e. The van der Waals surface area contributed by atoms with E-state index < -0.39 is 16.1 Å². The number of rotatable bonds is 6. The van der Waals surface area contributed by atoms with Crippen LogP contribution in [-0.4, -0.2) is 30.6 Å². The number of furan rings is 1. The summed E-state index contributed by atoms with van der Waals surface area (Å²) >= 11 is 0. The van der Waals surface area contributed by atoms with E-state index in [4.69, 9.17) is 4.42 Å². The summed E-state index contributed by atoms with van der Waals surface area (Å²) in [4.78, 5) is 3.89. The van der Waals surface area contributed by atoms with Crippen molar-refractivity contribution in [2.45, 2.75) is 24.6 Å². The quantitative estimate of drug-likeness (QED) is 0.696. The number of sulfonamides is 1. The molecule has 0 aliphatic heterocycles. The van der Waals surface area contributed by atoms with Gasteiger partial charge in [-0.05, 0) is 26.1 Å². The molecule has 0 saturated carbocycles. The highest BCUT2D eigenvalue weighted by Gasteiger charge is 2.23. The van der Waals surface area contributed by atoms with Crippen molar-refractivity contribution in [1.82, 2.24) is 25.2 Å². The van der Waals surface area contributed by atoms with Crippen LogP contribution in [-0.2, 0) is 16.6 Å². The minimum absolute atomic E-state index is 0.121. The second-order valence-electron chi connectivity index (χ2n) is 3.96. The first-order valence-electron chi connectivity index (χ1n) is 5.64. The second kappa shape index (κ2) is 5.51. The molecule has 0 fully saturated rings. The molecule has 3 N–H and O–H groups in total. The van der Waals surface area contributed by atoms with Gasteiger partial charge in [-0.2, -0.15) is 9.82 Å². The third kappa shape index (κ3) is 3.19. The Morgan fingerprint density at radius 1 is 1.47 bits per heavy atom. The zero-order chi connectivity index (χ0) is 13.9. The molecule has 0 saturated heterocycles. The van der Waals surface area contributed by atoms with Gasteiger partial charge in [-0.1, -0.05) is 0 Å². The first-order chi connectivity index (χ1) is 9.03. The second-order valence-corrected chi connectivity index (χ2v) is 5.61. The highest BCUT2D eigenvalue weighted by Crippen LogP contribution is 2.16. The SMILES string of the molecule is CNCc1ccc(S(=O)(=O)NC(C)c2ncn[nH]2)o1. The molecule has 0 aliphatic rings. The van der Waals surface area contributed by atoms with Gasteiger partial charge in [0.2, 0.25) is 5.09 Å². The molecule has 8 nitrogen and oxygen atoms in total. The maximum absolute atomic E-state index is 12.1. The number of aromatic amines is 1. The Balaban J connectivity index is 2.13. The van der Waals surface area contributed by atoms with Crippen molar-refractivity contribution in [2.24, 2.45) is 0 Å². The summed E-state index contributed by atoms with van der Waals surface area (Å²) in [6.45, 7) is 2.13. The molecule has 1 atom stereocenters. The van der Waals surface area contributed by atoms with E-state index in [1.54, 1.807) is 20.0 Å². The van der Waals surface area contributed by atoms with Gasteiger partial charge >= 0.3 is 0 Å². The third-order valence-electron chi connectivity index (χ3n) is 2.43.